The van der Waals surface area contributed by atoms with E-state index in [1.165, 1.54) is 5.56 Å². The minimum absolute atomic E-state index is 0.0690. The van der Waals surface area contributed by atoms with Crippen LogP contribution in [0.1, 0.15) is 39.7 Å². The lowest BCUT2D eigenvalue weighted by Crippen LogP contribution is -2.35. The molecule has 0 spiro atoms. The van der Waals surface area contributed by atoms with Crippen molar-refractivity contribution >= 4 is 5.91 Å². The summed E-state index contributed by atoms with van der Waals surface area (Å²) in [6, 6.07) is 7.82. The first-order valence-electron chi connectivity index (χ1n) is 7.14. The van der Waals surface area contributed by atoms with Gasteiger partial charge >= 0.3 is 0 Å². The van der Waals surface area contributed by atoms with Gasteiger partial charge in [0.25, 0.3) is 5.91 Å². The van der Waals surface area contributed by atoms with Crippen LogP contribution in [0.5, 0.6) is 5.75 Å². The van der Waals surface area contributed by atoms with Crippen molar-refractivity contribution in [2.45, 2.75) is 46.2 Å². The van der Waals surface area contributed by atoms with Gasteiger partial charge in [0.15, 0.2) is 6.61 Å². The largest absolute Gasteiger partial charge is 0.484 e. The minimum Gasteiger partial charge on any atom is -0.484 e. The molecule has 0 fully saturated rings. The van der Waals surface area contributed by atoms with E-state index in [9.17, 15) is 4.79 Å². The van der Waals surface area contributed by atoms with Crippen LogP contribution in [-0.2, 0) is 11.3 Å². The molecule has 0 aliphatic rings. The van der Waals surface area contributed by atoms with E-state index in [4.69, 9.17) is 4.74 Å². The summed E-state index contributed by atoms with van der Waals surface area (Å²) in [7, 11) is 0. The topological polar surface area (TPSA) is 50.4 Å². The maximum absolute atomic E-state index is 11.4. The molecule has 0 heterocycles. The van der Waals surface area contributed by atoms with Gasteiger partial charge in [0, 0.05) is 18.6 Å². The van der Waals surface area contributed by atoms with Crippen molar-refractivity contribution in [1.29, 1.82) is 0 Å². The van der Waals surface area contributed by atoms with Crippen LogP contribution in [0.25, 0.3) is 0 Å². The minimum atomic E-state index is -0.0784. The van der Waals surface area contributed by atoms with Crippen LogP contribution in [-0.4, -0.2) is 24.6 Å². The number of rotatable bonds is 7. The quantitative estimate of drug-likeness (QED) is 0.805. The van der Waals surface area contributed by atoms with Crippen molar-refractivity contribution in [2.24, 2.45) is 0 Å². The number of carbonyl (C=O) groups is 1. The lowest BCUT2D eigenvalue weighted by atomic mass is 10.1. The molecule has 0 atom stereocenters. The summed E-state index contributed by atoms with van der Waals surface area (Å²) >= 11 is 0. The Morgan fingerprint density at radius 3 is 2.40 bits per heavy atom. The Bertz CT molecular complexity index is 407. The summed E-state index contributed by atoms with van der Waals surface area (Å²) in [4.78, 5) is 11.4. The summed E-state index contributed by atoms with van der Waals surface area (Å²) in [6.07, 6.45) is 0.932. The number of hydrogen-bond acceptors (Lipinski definition) is 3. The highest BCUT2D eigenvalue weighted by Crippen LogP contribution is 2.12. The maximum atomic E-state index is 11.4. The second-order valence-corrected chi connectivity index (χ2v) is 5.89. The van der Waals surface area contributed by atoms with Gasteiger partial charge in [-0.25, -0.2) is 0 Å². The van der Waals surface area contributed by atoms with E-state index in [1.807, 2.05) is 31.2 Å². The molecule has 1 rings (SSSR count). The number of benzene rings is 1. The summed E-state index contributed by atoms with van der Waals surface area (Å²) < 4.78 is 5.43. The van der Waals surface area contributed by atoms with E-state index >= 15 is 0 Å². The van der Waals surface area contributed by atoms with Gasteiger partial charge in [-0.05, 0) is 44.9 Å². The first-order chi connectivity index (χ1) is 9.40. The number of carbonyl (C=O) groups excluding carboxylic acids is 1. The van der Waals surface area contributed by atoms with Crippen LogP contribution in [0.15, 0.2) is 24.3 Å². The van der Waals surface area contributed by atoms with E-state index in [0.29, 0.717) is 6.54 Å². The van der Waals surface area contributed by atoms with Gasteiger partial charge in [0.05, 0.1) is 0 Å². The zero-order valence-electron chi connectivity index (χ0n) is 13.0. The van der Waals surface area contributed by atoms with Crippen LogP contribution in [0, 0.1) is 0 Å². The van der Waals surface area contributed by atoms with Crippen molar-refractivity contribution < 1.29 is 9.53 Å². The molecule has 1 amide bonds. The molecule has 0 aromatic heterocycles. The van der Waals surface area contributed by atoms with Gasteiger partial charge in [-0.2, -0.15) is 0 Å². The SMILES string of the molecule is CCCNC(=O)COc1ccc(CNC(C)(C)C)cc1. The Hall–Kier alpha value is -1.55. The molecular weight excluding hydrogens is 252 g/mol. The second-order valence-electron chi connectivity index (χ2n) is 5.89. The van der Waals surface area contributed by atoms with Crippen LogP contribution in [0.3, 0.4) is 0 Å². The third-order valence-corrected chi connectivity index (χ3v) is 2.69. The van der Waals surface area contributed by atoms with Crippen molar-refractivity contribution in [2.75, 3.05) is 13.2 Å². The molecule has 0 saturated carbocycles. The second kappa shape index (κ2) is 7.90. The molecule has 20 heavy (non-hydrogen) atoms. The fourth-order valence-corrected chi connectivity index (χ4v) is 1.54. The standard InChI is InChI=1S/C16H26N2O2/c1-5-10-17-15(19)12-20-14-8-6-13(7-9-14)11-18-16(2,3)4/h6-9,18H,5,10-12H2,1-4H3,(H,17,19). The van der Waals surface area contributed by atoms with Crippen molar-refractivity contribution in [1.82, 2.24) is 10.6 Å². The molecule has 4 nitrogen and oxygen atoms in total. The fraction of sp³-hybridized carbons (Fsp3) is 0.562. The van der Waals surface area contributed by atoms with E-state index in [-0.39, 0.29) is 18.1 Å². The number of nitrogens with one attached hydrogen (secondary N) is 2. The van der Waals surface area contributed by atoms with Crippen LogP contribution in [0.2, 0.25) is 0 Å². The van der Waals surface area contributed by atoms with Crippen molar-refractivity contribution in [3.05, 3.63) is 29.8 Å². The van der Waals surface area contributed by atoms with Gasteiger partial charge < -0.3 is 15.4 Å². The average molecular weight is 278 g/mol. The van der Waals surface area contributed by atoms with Crippen LogP contribution in [0.4, 0.5) is 0 Å². The fourth-order valence-electron chi connectivity index (χ4n) is 1.54. The number of hydrogen-bond donors (Lipinski definition) is 2. The molecule has 0 saturated heterocycles. The Kier molecular flexibility index (Phi) is 6.52. The highest BCUT2D eigenvalue weighted by molar-refractivity contribution is 5.77. The number of ether oxygens (including phenoxy) is 1. The Morgan fingerprint density at radius 1 is 1.20 bits per heavy atom. The predicted molar refractivity (Wildman–Crippen MR) is 81.8 cm³/mol. The summed E-state index contributed by atoms with van der Waals surface area (Å²) in [6.45, 7) is 10.0. The average Bonchev–Trinajstić information content (AvgIpc) is 2.41. The lowest BCUT2D eigenvalue weighted by molar-refractivity contribution is -0.123. The number of amides is 1. The first-order valence-corrected chi connectivity index (χ1v) is 7.14. The normalized spacial score (nSPS) is 11.2. The molecule has 4 heteroatoms. The highest BCUT2D eigenvalue weighted by atomic mass is 16.5. The summed E-state index contributed by atoms with van der Waals surface area (Å²) in [5, 5.41) is 6.20. The Morgan fingerprint density at radius 2 is 1.85 bits per heavy atom. The molecular formula is C16H26N2O2. The highest BCUT2D eigenvalue weighted by Gasteiger charge is 2.08. The molecule has 0 aliphatic carbocycles. The molecule has 0 bridgehead atoms. The Labute approximate surface area is 121 Å². The van der Waals surface area contributed by atoms with E-state index < -0.39 is 0 Å². The monoisotopic (exact) mass is 278 g/mol. The third-order valence-electron chi connectivity index (χ3n) is 2.69. The van der Waals surface area contributed by atoms with Gasteiger partial charge in [-0.15, -0.1) is 0 Å². The van der Waals surface area contributed by atoms with Gasteiger partial charge in [-0.3, -0.25) is 4.79 Å². The van der Waals surface area contributed by atoms with Gasteiger partial charge in [0.1, 0.15) is 5.75 Å². The summed E-state index contributed by atoms with van der Waals surface area (Å²) in [5.74, 6) is 0.640. The predicted octanol–water partition coefficient (Wildman–Crippen LogP) is 2.48. The summed E-state index contributed by atoms with van der Waals surface area (Å²) in [5.41, 5.74) is 1.30. The van der Waals surface area contributed by atoms with Crippen LogP contribution >= 0.6 is 0 Å². The molecule has 0 aliphatic heterocycles. The van der Waals surface area contributed by atoms with E-state index in [1.54, 1.807) is 0 Å². The Balaban J connectivity index is 2.37. The third kappa shape index (κ3) is 7.14. The first kappa shape index (κ1) is 16.5. The smallest absolute Gasteiger partial charge is 0.257 e. The van der Waals surface area contributed by atoms with Gasteiger partial charge in [0.2, 0.25) is 0 Å². The molecule has 1 aromatic carbocycles. The molecule has 0 unspecified atom stereocenters. The van der Waals surface area contributed by atoms with Gasteiger partial charge in [-0.1, -0.05) is 19.1 Å². The van der Waals surface area contributed by atoms with E-state index in [0.717, 1.165) is 18.7 Å². The molecule has 1 aromatic rings. The molecule has 112 valence electrons. The van der Waals surface area contributed by atoms with Crippen molar-refractivity contribution in [3.63, 3.8) is 0 Å². The zero-order chi connectivity index (χ0) is 15.0. The molecule has 2 N–H and O–H groups in total. The van der Waals surface area contributed by atoms with Crippen LogP contribution < -0.4 is 15.4 Å². The molecule has 0 radical (unpaired) electrons. The van der Waals surface area contributed by atoms with Crippen molar-refractivity contribution in [3.8, 4) is 5.75 Å². The zero-order valence-corrected chi connectivity index (χ0v) is 13.0. The lowest BCUT2D eigenvalue weighted by Gasteiger charge is -2.20. The van der Waals surface area contributed by atoms with E-state index in [2.05, 4.69) is 31.4 Å². The maximum Gasteiger partial charge on any atom is 0.257 e.